The summed E-state index contributed by atoms with van der Waals surface area (Å²) in [6.07, 6.45) is 7.30. The minimum atomic E-state index is -3.77. The van der Waals surface area contributed by atoms with Crippen LogP contribution in [0.15, 0.2) is 36.4 Å². The molecule has 0 radical (unpaired) electrons. The lowest BCUT2D eigenvalue weighted by Crippen LogP contribution is -2.52. The Labute approximate surface area is 227 Å². The number of hydrogen-bond donors (Lipinski definition) is 2. The Hall–Kier alpha value is -2.31. The molecule has 1 saturated heterocycles. The van der Waals surface area contributed by atoms with Crippen LogP contribution in [0.3, 0.4) is 0 Å². The minimum absolute atomic E-state index is 0.0593. The average molecular weight is 554 g/mol. The zero-order valence-corrected chi connectivity index (χ0v) is 24.0. The van der Waals surface area contributed by atoms with Gasteiger partial charge in [-0.1, -0.05) is 63.3 Å². The smallest absolute Gasteiger partial charge is 0.247 e. The lowest BCUT2D eigenvalue weighted by molar-refractivity contribution is -0.203. The molecule has 0 bridgehead atoms. The van der Waals surface area contributed by atoms with Crippen molar-refractivity contribution in [1.82, 2.24) is 15.3 Å². The molecular formula is C27H43N3O7S. The zero-order chi connectivity index (χ0) is 28.2. The number of hydrogen-bond acceptors (Lipinski definition) is 7. The maximum Gasteiger partial charge on any atom is 0.247 e. The number of hydrazine groups is 1. The standard InChI is InChI=1S/C27H43N3O7S/c1-27(2,3)20-23(25(31)28-30(17-19-35-4)38(5,33)34)22(15-11-14-21-12-7-6-8-13-21)26(32)29-37-24-16-9-10-18-36-24/h6-8,11-14,22-24H,9-10,15-20H2,1-5H3,(H,28,31)(H,29,32)/t22-,23+,24?/m0/s1. The number of carbonyl (C=O) groups is 2. The quantitative estimate of drug-likeness (QED) is 0.339. The molecular weight excluding hydrogens is 510 g/mol. The number of sulfonamides is 1. The number of amides is 2. The van der Waals surface area contributed by atoms with Crippen LogP contribution in [0.25, 0.3) is 6.08 Å². The van der Waals surface area contributed by atoms with Gasteiger partial charge in [-0.15, -0.1) is 4.41 Å². The molecule has 0 saturated carbocycles. The summed E-state index contributed by atoms with van der Waals surface area (Å²) < 4.78 is 36.1. The highest BCUT2D eigenvalue weighted by Crippen LogP contribution is 2.32. The number of hydroxylamine groups is 1. The molecule has 2 amide bonds. The molecule has 11 heteroatoms. The third-order valence-corrected chi connectivity index (χ3v) is 7.13. The van der Waals surface area contributed by atoms with Gasteiger partial charge in [0.15, 0.2) is 6.29 Å². The van der Waals surface area contributed by atoms with E-state index < -0.39 is 40.0 Å². The third kappa shape index (κ3) is 11.6. The second-order valence-corrected chi connectivity index (χ2v) is 12.6. The molecule has 0 spiro atoms. The summed E-state index contributed by atoms with van der Waals surface area (Å²) in [7, 11) is -2.32. The van der Waals surface area contributed by atoms with Crippen LogP contribution in [-0.2, 0) is 33.9 Å². The van der Waals surface area contributed by atoms with Crippen LogP contribution in [0.5, 0.6) is 0 Å². The normalized spacial score (nSPS) is 18.3. The number of rotatable bonds is 14. The molecule has 3 atom stereocenters. The largest absolute Gasteiger partial charge is 0.383 e. The number of benzene rings is 1. The van der Waals surface area contributed by atoms with Crippen LogP contribution in [0.4, 0.5) is 0 Å². The second kappa shape index (κ2) is 15.3. The van der Waals surface area contributed by atoms with Crippen molar-refractivity contribution in [3.05, 3.63) is 42.0 Å². The van der Waals surface area contributed by atoms with E-state index in [1.807, 2.05) is 63.3 Å². The number of nitrogens with zero attached hydrogens (tertiary/aromatic N) is 1. The molecule has 2 rings (SSSR count). The fourth-order valence-corrected chi connectivity index (χ4v) is 4.80. The molecule has 0 aromatic heterocycles. The van der Waals surface area contributed by atoms with Gasteiger partial charge in [0, 0.05) is 20.1 Å². The molecule has 1 fully saturated rings. The van der Waals surface area contributed by atoms with Gasteiger partial charge in [-0.2, -0.15) is 0 Å². The number of methoxy groups -OCH3 is 1. The SMILES string of the molecule is COCCN(NC(=O)[C@H](CC(C)(C)C)[C@H](CC=Cc1ccccc1)C(=O)NOC1CCCCO1)S(C)(=O)=O. The molecule has 1 unspecified atom stereocenters. The van der Waals surface area contributed by atoms with Crippen molar-refractivity contribution in [3.8, 4) is 0 Å². The Kier molecular flexibility index (Phi) is 12.9. The Morgan fingerprint density at radius 2 is 1.87 bits per heavy atom. The number of carbonyl (C=O) groups excluding carboxylic acids is 2. The van der Waals surface area contributed by atoms with Crippen LogP contribution >= 0.6 is 0 Å². The molecule has 214 valence electrons. The van der Waals surface area contributed by atoms with E-state index >= 15 is 0 Å². The van der Waals surface area contributed by atoms with E-state index in [0.29, 0.717) is 19.4 Å². The van der Waals surface area contributed by atoms with Crippen molar-refractivity contribution in [3.63, 3.8) is 0 Å². The predicted molar refractivity (Wildman–Crippen MR) is 146 cm³/mol. The summed E-state index contributed by atoms with van der Waals surface area (Å²) in [5, 5.41) is 0. The van der Waals surface area contributed by atoms with E-state index in [2.05, 4.69) is 10.9 Å². The van der Waals surface area contributed by atoms with Crippen LogP contribution in [0.2, 0.25) is 0 Å². The zero-order valence-electron chi connectivity index (χ0n) is 23.1. The van der Waals surface area contributed by atoms with Gasteiger partial charge in [0.25, 0.3) is 0 Å². The molecule has 1 aliphatic heterocycles. The van der Waals surface area contributed by atoms with E-state index in [-0.39, 0.29) is 25.0 Å². The van der Waals surface area contributed by atoms with E-state index in [9.17, 15) is 18.0 Å². The van der Waals surface area contributed by atoms with Crippen molar-refractivity contribution in [2.24, 2.45) is 17.3 Å². The molecule has 1 aromatic rings. The Balaban J connectivity index is 2.31. The Morgan fingerprint density at radius 3 is 2.45 bits per heavy atom. The van der Waals surface area contributed by atoms with Gasteiger partial charge in [0.2, 0.25) is 21.8 Å². The molecule has 2 N–H and O–H groups in total. The molecule has 0 aliphatic carbocycles. The maximum absolute atomic E-state index is 13.6. The molecule has 38 heavy (non-hydrogen) atoms. The Morgan fingerprint density at radius 1 is 1.16 bits per heavy atom. The van der Waals surface area contributed by atoms with E-state index in [1.165, 1.54) is 7.11 Å². The lowest BCUT2D eigenvalue weighted by atomic mass is 9.76. The second-order valence-electron chi connectivity index (χ2n) is 10.7. The van der Waals surface area contributed by atoms with Gasteiger partial charge in [-0.05, 0) is 36.7 Å². The van der Waals surface area contributed by atoms with Crippen molar-refractivity contribution in [1.29, 1.82) is 0 Å². The summed E-state index contributed by atoms with van der Waals surface area (Å²) in [6.45, 7) is 6.49. The maximum atomic E-state index is 13.6. The summed E-state index contributed by atoms with van der Waals surface area (Å²) in [4.78, 5) is 32.6. The topological polar surface area (TPSA) is 123 Å². The highest BCUT2D eigenvalue weighted by Gasteiger charge is 2.38. The highest BCUT2D eigenvalue weighted by molar-refractivity contribution is 7.88. The fraction of sp³-hybridized carbons (Fsp3) is 0.630. The summed E-state index contributed by atoms with van der Waals surface area (Å²) >= 11 is 0. The molecule has 10 nitrogen and oxygen atoms in total. The highest BCUT2D eigenvalue weighted by atomic mass is 32.2. The summed E-state index contributed by atoms with van der Waals surface area (Å²) in [5.41, 5.74) is 5.65. The van der Waals surface area contributed by atoms with Gasteiger partial charge in [0.05, 0.1) is 31.2 Å². The first-order chi connectivity index (χ1) is 17.9. The fourth-order valence-electron chi connectivity index (χ4n) is 4.13. The van der Waals surface area contributed by atoms with Crippen LogP contribution in [0, 0.1) is 17.3 Å². The third-order valence-electron chi connectivity index (χ3n) is 6.05. The van der Waals surface area contributed by atoms with E-state index in [0.717, 1.165) is 29.1 Å². The number of nitrogens with one attached hydrogen (secondary N) is 2. The monoisotopic (exact) mass is 553 g/mol. The van der Waals surface area contributed by atoms with Gasteiger partial charge >= 0.3 is 0 Å². The van der Waals surface area contributed by atoms with E-state index in [4.69, 9.17) is 14.3 Å². The predicted octanol–water partition coefficient (Wildman–Crippen LogP) is 3.27. The minimum Gasteiger partial charge on any atom is -0.383 e. The first-order valence-corrected chi connectivity index (χ1v) is 14.8. The van der Waals surface area contributed by atoms with Gasteiger partial charge < -0.3 is 9.47 Å². The first-order valence-electron chi connectivity index (χ1n) is 13.0. The van der Waals surface area contributed by atoms with Crippen molar-refractivity contribution in [2.75, 3.05) is 33.1 Å². The summed E-state index contributed by atoms with van der Waals surface area (Å²) in [6, 6.07) is 9.62. The molecule has 1 heterocycles. The number of allylic oxidation sites excluding steroid dienone is 1. The Bertz CT molecular complexity index is 1000. The number of ether oxygens (including phenoxy) is 2. The summed E-state index contributed by atoms with van der Waals surface area (Å²) in [5.74, 6) is -2.72. The average Bonchev–Trinajstić information content (AvgIpc) is 2.86. The first kappa shape index (κ1) is 31.9. The van der Waals surface area contributed by atoms with E-state index in [1.54, 1.807) is 0 Å². The molecule has 1 aliphatic rings. The van der Waals surface area contributed by atoms with Gasteiger partial charge in [-0.3, -0.25) is 15.0 Å². The van der Waals surface area contributed by atoms with Crippen LogP contribution in [-0.4, -0.2) is 64.1 Å². The lowest BCUT2D eigenvalue weighted by Gasteiger charge is -2.32. The van der Waals surface area contributed by atoms with Gasteiger partial charge in [-0.25, -0.2) is 18.7 Å². The van der Waals surface area contributed by atoms with Gasteiger partial charge in [0.1, 0.15) is 0 Å². The molecule has 1 aromatic carbocycles. The van der Waals surface area contributed by atoms with Crippen molar-refractivity contribution < 1.29 is 32.3 Å². The van der Waals surface area contributed by atoms with Crippen LogP contribution in [0.1, 0.15) is 58.4 Å². The van der Waals surface area contributed by atoms with Crippen molar-refractivity contribution >= 4 is 27.9 Å². The van der Waals surface area contributed by atoms with Crippen molar-refractivity contribution in [2.45, 2.75) is 59.2 Å². The van der Waals surface area contributed by atoms with Crippen LogP contribution < -0.4 is 10.9 Å².